The van der Waals surface area contributed by atoms with Crippen LogP contribution in [0.5, 0.6) is 0 Å². The summed E-state index contributed by atoms with van der Waals surface area (Å²) in [6.07, 6.45) is -5.36. The maximum Gasteiger partial charge on any atom is 0.339 e. The van der Waals surface area contributed by atoms with Gasteiger partial charge in [0.05, 0.1) is 17.7 Å². The first-order valence-corrected chi connectivity index (χ1v) is 16.0. The van der Waals surface area contributed by atoms with Gasteiger partial charge >= 0.3 is 11.9 Å². The zero-order valence-corrected chi connectivity index (χ0v) is 27.4. The lowest BCUT2D eigenvalue weighted by Gasteiger charge is -2.47. The third-order valence-electron chi connectivity index (χ3n) is 8.30. The van der Waals surface area contributed by atoms with Gasteiger partial charge in [0.15, 0.2) is 0 Å². The molecule has 4 atom stereocenters. The Labute approximate surface area is 297 Å². The second-order valence-corrected chi connectivity index (χ2v) is 11.5. The molecule has 0 radical (unpaired) electrons. The molecule has 0 saturated carbocycles. The Morgan fingerprint density at radius 1 is 0.481 bits per heavy atom. The largest absolute Gasteiger partial charge is 0.439 e. The molecule has 11 heteroatoms. The number of aliphatic hydroxyl groups excluding tert-OH is 3. The fourth-order valence-electron chi connectivity index (χ4n) is 5.69. The van der Waals surface area contributed by atoms with Gasteiger partial charge in [0.2, 0.25) is 17.3 Å². The Bertz CT molecular complexity index is 2050. The van der Waals surface area contributed by atoms with Crippen LogP contribution >= 0.6 is 0 Å². The van der Waals surface area contributed by atoms with E-state index >= 15 is 14.4 Å². The van der Waals surface area contributed by atoms with Crippen molar-refractivity contribution in [2.24, 2.45) is 0 Å². The van der Waals surface area contributed by atoms with Gasteiger partial charge in [-0.15, -0.1) is 0 Å². The average Bonchev–Trinajstić information content (AvgIpc) is 3.21. The van der Waals surface area contributed by atoms with Crippen molar-refractivity contribution in [3.05, 3.63) is 179 Å². The van der Waals surface area contributed by atoms with Gasteiger partial charge in [0.25, 0.3) is 17.0 Å². The molecular weight excluding hydrogens is 668 g/mol. The molecule has 5 aromatic rings. The van der Waals surface area contributed by atoms with Crippen molar-refractivity contribution in [2.75, 3.05) is 6.61 Å². The molecule has 0 saturated heterocycles. The predicted molar refractivity (Wildman–Crippen MR) is 186 cm³/mol. The van der Waals surface area contributed by atoms with Crippen LogP contribution in [0.15, 0.2) is 152 Å². The number of esters is 2. The van der Waals surface area contributed by atoms with Crippen LogP contribution in [0, 0.1) is 0 Å². The highest BCUT2D eigenvalue weighted by Crippen LogP contribution is 2.43. The van der Waals surface area contributed by atoms with E-state index in [0.717, 1.165) is 0 Å². The number of ketones is 4. The molecular formula is C41H32O11. The standard InChI is InChI=1S/C41H32O11/c42-26-32(43)36(47)40(34(45)28-18-8-2-9-19-28,51-38(49)30-22-12-4-13-23-30)41(35(46)29-20-10-3-11-21-29,52-39(50)31-24-14-5-15-25-31)37(48)33(44)27-16-6-1-7-17-27/h1-25,32,36,42-43,47H,26H2/t32-,36-,40+,41+/m1/s1. The van der Waals surface area contributed by atoms with Gasteiger partial charge in [-0.2, -0.15) is 0 Å². The number of benzene rings is 5. The number of carbonyl (C=O) groups excluding carboxylic acids is 6. The van der Waals surface area contributed by atoms with Crippen LogP contribution < -0.4 is 0 Å². The maximum absolute atomic E-state index is 15.3. The molecule has 262 valence electrons. The van der Waals surface area contributed by atoms with Crippen molar-refractivity contribution in [2.45, 2.75) is 23.4 Å². The topological polar surface area (TPSA) is 182 Å². The van der Waals surface area contributed by atoms with E-state index in [2.05, 4.69) is 0 Å². The minimum absolute atomic E-state index is 0.268. The van der Waals surface area contributed by atoms with Crippen molar-refractivity contribution in [3.63, 3.8) is 0 Å². The van der Waals surface area contributed by atoms with Crippen LogP contribution in [0.2, 0.25) is 0 Å². The van der Waals surface area contributed by atoms with Crippen molar-refractivity contribution >= 4 is 35.1 Å². The Hall–Kier alpha value is -6.40. The normalized spacial score (nSPS) is 14.4. The molecule has 0 fully saturated rings. The van der Waals surface area contributed by atoms with Crippen LogP contribution in [0.25, 0.3) is 0 Å². The molecule has 52 heavy (non-hydrogen) atoms. The lowest BCUT2D eigenvalue weighted by molar-refractivity contribution is -0.187. The SMILES string of the molecule is O=C(O[C@](C(=O)C(=O)c1ccccc1)(C(=O)c1ccccc1)[C@](OC(=O)c1ccccc1)(C(=O)c1ccccc1)[C@H](O)[C@H](O)CO)c1ccccc1. The third-order valence-corrected chi connectivity index (χ3v) is 8.30. The van der Waals surface area contributed by atoms with E-state index in [1.165, 1.54) is 140 Å². The van der Waals surface area contributed by atoms with E-state index in [1.807, 2.05) is 0 Å². The van der Waals surface area contributed by atoms with Crippen LogP contribution in [-0.2, 0) is 14.3 Å². The smallest absolute Gasteiger partial charge is 0.339 e. The van der Waals surface area contributed by atoms with E-state index in [9.17, 15) is 29.7 Å². The highest BCUT2D eigenvalue weighted by atomic mass is 16.6. The summed E-state index contributed by atoms with van der Waals surface area (Å²) >= 11 is 0. The van der Waals surface area contributed by atoms with Crippen LogP contribution in [0.3, 0.4) is 0 Å². The summed E-state index contributed by atoms with van der Waals surface area (Å²) in [5.41, 5.74) is -9.43. The highest BCUT2D eigenvalue weighted by Gasteiger charge is 2.76. The molecule has 0 amide bonds. The number of rotatable bonds is 15. The van der Waals surface area contributed by atoms with E-state index in [-0.39, 0.29) is 16.7 Å². The Kier molecular flexibility index (Phi) is 11.4. The van der Waals surface area contributed by atoms with Crippen LogP contribution in [0.1, 0.15) is 51.8 Å². The van der Waals surface area contributed by atoms with Gasteiger partial charge in [0, 0.05) is 16.7 Å². The number of hydrogen-bond acceptors (Lipinski definition) is 11. The Balaban J connectivity index is 1.98. The quantitative estimate of drug-likeness (QED) is 0.0619. The number of hydrogen-bond donors (Lipinski definition) is 3. The maximum atomic E-state index is 15.3. The van der Waals surface area contributed by atoms with Crippen LogP contribution in [-0.4, -0.2) is 80.4 Å². The van der Waals surface area contributed by atoms with Gasteiger partial charge in [-0.05, 0) is 24.3 Å². The Morgan fingerprint density at radius 2 is 0.827 bits per heavy atom. The first-order valence-electron chi connectivity index (χ1n) is 16.0. The van der Waals surface area contributed by atoms with Crippen molar-refractivity contribution in [1.29, 1.82) is 0 Å². The van der Waals surface area contributed by atoms with Crippen molar-refractivity contribution < 1.29 is 53.6 Å². The second-order valence-electron chi connectivity index (χ2n) is 11.5. The minimum atomic E-state index is -3.92. The molecule has 0 aliphatic rings. The zero-order chi connectivity index (χ0) is 37.3. The minimum Gasteiger partial charge on any atom is -0.439 e. The summed E-state index contributed by atoms with van der Waals surface area (Å²) in [6.45, 7) is -1.32. The fraction of sp³-hybridized carbons (Fsp3) is 0.122. The summed E-state index contributed by atoms with van der Waals surface area (Å²) in [4.78, 5) is 88.4. The molecule has 0 aromatic heterocycles. The summed E-state index contributed by atoms with van der Waals surface area (Å²) in [6, 6.07) is 33.8. The van der Waals surface area contributed by atoms with E-state index < -0.39 is 76.2 Å². The molecule has 0 bridgehead atoms. The zero-order valence-electron chi connectivity index (χ0n) is 27.4. The third kappa shape index (κ3) is 6.96. The average molecular weight is 701 g/mol. The predicted octanol–water partition coefficient (Wildman–Crippen LogP) is 4.11. The Morgan fingerprint density at radius 3 is 1.23 bits per heavy atom. The van der Waals surface area contributed by atoms with Gasteiger partial charge < -0.3 is 24.8 Å². The summed E-state index contributed by atoms with van der Waals surface area (Å²) in [7, 11) is 0. The van der Waals surface area contributed by atoms with Crippen molar-refractivity contribution in [3.8, 4) is 0 Å². The molecule has 0 unspecified atom stereocenters. The number of ether oxygens (including phenoxy) is 2. The van der Waals surface area contributed by atoms with E-state index in [0.29, 0.717) is 0 Å². The van der Waals surface area contributed by atoms with Crippen LogP contribution in [0.4, 0.5) is 0 Å². The van der Waals surface area contributed by atoms with Crippen molar-refractivity contribution in [1.82, 2.24) is 0 Å². The summed E-state index contributed by atoms with van der Waals surface area (Å²) in [5, 5.41) is 33.5. The molecule has 0 spiro atoms. The summed E-state index contributed by atoms with van der Waals surface area (Å²) < 4.78 is 11.8. The monoisotopic (exact) mass is 700 g/mol. The molecule has 0 aliphatic carbocycles. The molecule has 0 aliphatic heterocycles. The highest BCUT2D eigenvalue weighted by molar-refractivity contribution is 6.52. The molecule has 5 aromatic carbocycles. The molecule has 0 heterocycles. The molecule has 5 rings (SSSR count). The number of aliphatic hydroxyl groups is 3. The first kappa shape index (κ1) is 36.9. The second kappa shape index (κ2) is 16.1. The number of Topliss-reactive ketones (excluding diaryl/α,β-unsaturated/α-hetero) is 4. The van der Waals surface area contributed by atoms with Gasteiger partial charge in [-0.3, -0.25) is 19.2 Å². The van der Waals surface area contributed by atoms with Gasteiger partial charge in [-0.25, -0.2) is 9.59 Å². The number of carbonyl (C=O) groups is 6. The summed E-state index contributed by atoms with van der Waals surface area (Å²) in [5.74, 6) is -9.39. The van der Waals surface area contributed by atoms with E-state index in [4.69, 9.17) is 9.47 Å². The first-order chi connectivity index (χ1) is 25.1. The van der Waals surface area contributed by atoms with Gasteiger partial charge in [0.1, 0.15) is 12.2 Å². The fourth-order valence-corrected chi connectivity index (χ4v) is 5.69. The molecule has 3 N–H and O–H groups in total. The molecule has 11 nitrogen and oxygen atoms in total. The van der Waals surface area contributed by atoms with Gasteiger partial charge in [-0.1, -0.05) is 127 Å². The lowest BCUT2D eigenvalue weighted by Crippen LogP contribution is -2.78. The van der Waals surface area contributed by atoms with E-state index in [1.54, 1.807) is 12.1 Å². The lowest BCUT2D eigenvalue weighted by atomic mass is 9.65.